The van der Waals surface area contributed by atoms with Crippen LogP contribution in [0.25, 0.3) is 0 Å². The molecule has 100 valence electrons. The number of benzene rings is 1. The van der Waals surface area contributed by atoms with E-state index in [4.69, 9.17) is 10.9 Å². The molecule has 0 aliphatic heterocycles. The number of sulfonamides is 1. The first-order chi connectivity index (χ1) is 8.34. The molecule has 0 unspecified atom stereocenters. The van der Waals surface area contributed by atoms with Crippen LogP contribution in [0.1, 0.15) is 12.8 Å². The van der Waals surface area contributed by atoms with E-state index in [0.29, 0.717) is 29.5 Å². The number of carbonyl (C=O) groups excluding carboxylic acids is 1. The van der Waals surface area contributed by atoms with E-state index < -0.39 is 10.0 Å². The Labute approximate surface area is 114 Å². The average Bonchev–Trinajstić information content (AvgIpc) is 2.27. The standard InChI is InChI=1S/C10H14BrN3O3S/c11-8-6-7(18(13,16)17)3-4-9(8)14-10(15)2-1-5-12/h3-4,6H,1-2,5,12H2,(H,14,15)(H2,13,16,17). The highest BCUT2D eigenvalue weighted by Gasteiger charge is 2.11. The molecule has 6 nitrogen and oxygen atoms in total. The fraction of sp³-hybridized carbons (Fsp3) is 0.300. The van der Waals surface area contributed by atoms with Crippen molar-refractivity contribution in [2.75, 3.05) is 11.9 Å². The van der Waals surface area contributed by atoms with E-state index in [1.165, 1.54) is 18.2 Å². The summed E-state index contributed by atoms with van der Waals surface area (Å²) < 4.78 is 22.7. The molecule has 0 spiro atoms. The zero-order chi connectivity index (χ0) is 13.8. The van der Waals surface area contributed by atoms with Crippen molar-refractivity contribution < 1.29 is 13.2 Å². The number of nitrogens with two attached hydrogens (primary N) is 2. The minimum Gasteiger partial charge on any atom is -0.330 e. The van der Waals surface area contributed by atoms with Crippen LogP contribution in [0, 0.1) is 0 Å². The van der Waals surface area contributed by atoms with Crippen LogP contribution < -0.4 is 16.2 Å². The van der Waals surface area contributed by atoms with Crippen molar-refractivity contribution in [1.29, 1.82) is 0 Å². The first-order valence-electron chi connectivity index (χ1n) is 5.17. The summed E-state index contributed by atoms with van der Waals surface area (Å²) in [6.45, 7) is 0.443. The van der Waals surface area contributed by atoms with Crippen LogP contribution in [0.15, 0.2) is 27.6 Å². The third kappa shape index (κ3) is 4.37. The lowest BCUT2D eigenvalue weighted by Crippen LogP contribution is -2.15. The predicted molar refractivity (Wildman–Crippen MR) is 72.4 cm³/mol. The van der Waals surface area contributed by atoms with Crippen LogP contribution >= 0.6 is 15.9 Å². The molecule has 0 saturated carbocycles. The van der Waals surface area contributed by atoms with Crippen molar-refractivity contribution in [2.45, 2.75) is 17.7 Å². The van der Waals surface area contributed by atoms with E-state index >= 15 is 0 Å². The van der Waals surface area contributed by atoms with Gasteiger partial charge in [0.2, 0.25) is 15.9 Å². The minimum absolute atomic E-state index is 0.0191. The summed E-state index contributed by atoms with van der Waals surface area (Å²) in [5.41, 5.74) is 5.79. The summed E-state index contributed by atoms with van der Waals surface area (Å²) in [6, 6.07) is 4.15. The lowest BCUT2D eigenvalue weighted by Gasteiger charge is -2.08. The van der Waals surface area contributed by atoms with Crippen molar-refractivity contribution in [1.82, 2.24) is 0 Å². The van der Waals surface area contributed by atoms with Crippen LogP contribution in [0.2, 0.25) is 0 Å². The second-order valence-electron chi connectivity index (χ2n) is 3.63. The first kappa shape index (κ1) is 15.1. The van der Waals surface area contributed by atoms with Gasteiger partial charge in [0.05, 0.1) is 10.6 Å². The number of halogens is 1. The van der Waals surface area contributed by atoms with Crippen molar-refractivity contribution >= 4 is 37.5 Å². The molecule has 0 saturated heterocycles. The Bertz CT molecular complexity index is 545. The van der Waals surface area contributed by atoms with Gasteiger partial charge in [-0.25, -0.2) is 13.6 Å². The summed E-state index contributed by atoms with van der Waals surface area (Å²) in [6.07, 6.45) is 0.915. The maximum atomic E-state index is 11.5. The third-order valence-corrected chi connectivity index (χ3v) is 3.72. The molecule has 0 bridgehead atoms. The number of anilines is 1. The maximum absolute atomic E-state index is 11.5. The summed E-state index contributed by atoms with van der Waals surface area (Å²) in [5.74, 6) is -0.176. The fourth-order valence-corrected chi connectivity index (χ4v) is 2.42. The Morgan fingerprint density at radius 3 is 2.56 bits per heavy atom. The third-order valence-electron chi connectivity index (χ3n) is 2.15. The lowest BCUT2D eigenvalue weighted by atomic mass is 10.2. The number of rotatable bonds is 5. The van der Waals surface area contributed by atoms with Gasteiger partial charge in [0, 0.05) is 10.9 Å². The molecular weight excluding hydrogens is 322 g/mol. The molecule has 0 radical (unpaired) electrons. The lowest BCUT2D eigenvalue weighted by molar-refractivity contribution is -0.116. The van der Waals surface area contributed by atoms with Crippen LogP contribution in [0.5, 0.6) is 0 Å². The topological polar surface area (TPSA) is 115 Å². The van der Waals surface area contributed by atoms with Gasteiger partial charge >= 0.3 is 0 Å². The zero-order valence-corrected chi connectivity index (χ0v) is 11.9. The molecule has 0 aliphatic rings. The minimum atomic E-state index is -3.74. The van der Waals surface area contributed by atoms with Crippen molar-refractivity contribution in [3.63, 3.8) is 0 Å². The van der Waals surface area contributed by atoms with Crippen LogP contribution in [0.3, 0.4) is 0 Å². The fourth-order valence-electron chi connectivity index (χ4n) is 1.25. The number of amides is 1. The second kappa shape index (κ2) is 6.28. The average molecular weight is 336 g/mol. The number of nitrogens with one attached hydrogen (secondary N) is 1. The molecule has 1 rings (SSSR count). The highest BCUT2D eigenvalue weighted by Crippen LogP contribution is 2.25. The summed E-state index contributed by atoms with van der Waals surface area (Å²) in [7, 11) is -3.74. The number of hydrogen-bond acceptors (Lipinski definition) is 4. The Hall–Kier alpha value is -0.960. The van der Waals surface area contributed by atoms with Gasteiger partial charge in [-0.1, -0.05) is 0 Å². The van der Waals surface area contributed by atoms with Crippen LogP contribution in [-0.2, 0) is 14.8 Å². The highest BCUT2D eigenvalue weighted by atomic mass is 79.9. The van der Waals surface area contributed by atoms with Crippen molar-refractivity contribution in [3.05, 3.63) is 22.7 Å². The molecule has 0 aromatic heterocycles. The van der Waals surface area contributed by atoms with Gasteiger partial charge in [0.1, 0.15) is 0 Å². The van der Waals surface area contributed by atoms with E-state index in [9.17, 15) is 13.2 Å². The smallest absolute Gasteiger partial charge is 0.238 e. The largest absolute Gasteiger partial charge is 0.330 e. The Morgan fingerprint density at radius 1 is 1.39 bits per heavy atom. The molecule has 0 aliphatic carbocycles. The van der Waals surface area contributed by atoms with Gasteiger partial charge < -0.3 is 11.1 Å². The highest BCUT2D eigenvalue weighted by molar-refractivity contribution is 9.10. The van der Waals surface area contributed by atoms with Crippen molar-refractivity contribution in [3.8, 4) is 0 Å². The molecule has 0 atom stereocenters. The molecule has 1 amide bonds. The SMILES string of the molecule is NCCCC(=O)Nc1ccc(S(N)(=O)=O)cc1Br. The van der Waals surface area contributed by atoms with E-state index in [1.807, 2.05) is 0 Å². The molecule has 0 heterocycles. The van der Waals surface area contributed by atoms with Crippen LogP contribution in [0.4, 0.5) is 5.69 Å². The number of carbonyl (C=O) groups is 1. The zero-order valence-electron chi connectivity index (χ0n) is 9.52. The quantitative estimate of drug-likeness (QED) is 0.737. The Balaban J connectivity index is 2.84. The monoisotopic (exact) mass is 335 g/mol. The molecule has 1 aromatic carbocycles. The van der Waals surface area contributed by atoms with E-state index in [0.717, 1.165) is 0 Å². The second-order valence-corrected chi connectivity index (χ2v) is 6.04. The number of hydrogen-bond donors (Lipinski definition) is 3. The molecule has 0 fully saturated rings. The van der Waals surface area contributed by atoms with E-state index in [-0.39, 0.29) is 10.8 Å². The molecular formula is C10H14BrN3O3S. The number of primary sulfonamides is 1. The van der Waals surface area contributed by atoms with Gasteiger partial charge in [-0.2, -0.15) is 0 Å². The summed E-state index contributed by atoms with van der Waals surface area (Å²) in [4.78, 5) is 11.5. The molecule has 1 aromatic rings. The van der Waals surface area contributed by atoms with Gasteiger partial charge in [-0.3, -0.25) is 4.79 Å². The van der Waals surface area contributed by atoms with Crippen molar-refractivity contribution in [2.24, 2.45) is 10.9 Å². The van der Waals surface area contributed by atoms with E-state index in [1.54, 1.807) is 0 Å². The summed E-state index contributed by atoms with van der Waals surface area (Å²) in [5, 5.41) is 7.64. The Kier molecular flexibility index (Phi) is 5.27. The van der Waals surface area contributed by atoms with Gasteiger partial charge in [-0.05, 0) is 47.1 Å². The Morgan fingerprint density at radius 2 is 2.06 bits per heavy atom. The van der Waals surface area contributed by atoms with E-state index in [2.05, 4.69) is 21.2 Å². The van der Waals surface area contributed by atoms with Crippen LogP contribution in [-0.4, -0.2) is 20.9 Å². The first-order valence-corrected chi connectivity index (χ1v) is 7.51. The molecule has 5 N–H and O–H groups in total. The molecule has 18 heavy (non-hydrogen) atoms. The predicted octanol–water partition coefficient (Wildman–Crippen LogP) is 0.774. The van der Waals surface area contributed by atoms with Gasteiger partial charge in [0.15, 0.2) is 0 Å². The summed E-state index contributed by atoms with van der Waals surface area (Å²) >= 11 is 3.18. The van der Waals surface area contributed by atoms with Gasteiger partial charge in [0.25, 0.3) is 0 Å². The maximum Gasteiger partial charge on any atom is 0.238 e. The normalized spacial score (nSPS) is 11.3. The molecule has 8 heteroatoms. The van der Waals surface area contributed by atoms with Gasteiger partial charge in [-0.15, -0.1) is 0 Å².